The van der Waals surface area contributed by atoms with E-state index in [0.29, 0.717) is 5.89 Å². The van der Waals surface area contributed by atoms with Crippen LogP contribution in [0.2, 0.25) is 5.02 Å². The zero-order valence-electron chi connectivity index (χ0n) is 18.4. The van der Waals surface area contributed by atoms with E-state index in [-0.39, 0.29) is 34.3 Å². The molecule has 1 fully saturated rings. The Morgan fingerprint density at radius 2 is 1.89 bits per heavy atom. The predicted octanol–water partition coefficient (Wildman–Crippen LogP) is 4.69. The van der Waals surface area contributed by atoms with Gasteiger partial charge in [0.2, 0.25) is 21.7 Å². The van der Waals surface area contributed by atoms with Crippen molar-refractivity contribution in [3.8, 4) is 11.4 Å². The summed E-state index contributed by atoms with van der Waals surface area (Å²) in [4.78, 5) is 15.3. The summed E-state index contributed by atoms with van der Waals surface area (Å²) < 4.78 is 61.3. The molecular formula is C23H22ClF2N3O5S. The number of aliphatic carboxylic acids is 1. The molecule has 35 heavy (non-hydrogen) atoms. The number of carbonyl (C=O) groups is 1. The van der Waals surface area contributed by atoms with Gasteiger partial charge in [0.1, 0.15) is 22.6 Å². The Bertz CT molecular complexity index is 1340. The van der Waals surface area contributed by atoms with Gasteiger partial charge < -0.3 is 9.63 Å². The molecule has 4 rings (SSSR count). The number of sulfonamides is 1. The zero-order chi connectivity index (χ0) is 25.2. The lowest BCUT2D eigenvalue weighted by molar-refractivity contribution is -0.138. The van der Waals surface area contributed by atoms with Crippen LogP contribution < -0.4 is 4.72 Å². The lowest BCUT2D eigenvalue weighted by Crippen LogP contribution is -2.42. The van der Waals surface area contributed by atoms with E-state index >= 15 is 0 Å². The number of nitrogens with zero attached hydrogens (tertiary/aromatic N) is 2. The minimum atomic E-state index is -4.53. The lowest BCUT2D eigenvalue weighted by atomic mass is 9.89. The monoisotopic (exact) mass is 525 g/mol. The van der Waals surface area contributed by atoms with Crippen molar-refractivity contribution in [2.75, 3.05) is 0 Å². The van der Waals surface area contributed by atoms with Crippen LogP contribution in [0.15, 0.2) is 45.8 Å². The van der Waals surface area contributed by atoms with E-state index in [9.17, 15) is 27.1 Å². The van der Waals surface area contributed by atoms with Crippen molar-refractivity contribution in [1.29, 1.82) is 0 Å². The summed E-state index contributed by atoms with van der Waals surface area (Å²) in [5, 5.41) is 13.4. The van der Waals surface area contributed by atoms with Crippen LogP contribution in [0, 0.1) is 11.6 Å². The van der Waals surface area contributed by atoms with Gasteiger partial charge in [0.25, 0.3) is 0 Å². The van der Waals surface area contributed by atoms with Crippen molar-refractivity contribution >= 4 is 27.6 Å². The first-order valence-electron chi connectivity index (χ1n) is 11.0. The number of nitrogens with one attached hydrogen (secondary N) is 1. The van der Waals surface area contributed by atoms with E-state index in [0.717, 1.165) is 50.3 Å². The molecule has 2 aromatic carbocycles. The fraction of sp³-hybridized carbons (Fsp3) is 0.348. The van der Waals surface area contributed by atoms with Crippen LogP contribution in [0.1, 0.15) is 49.5 Å². The zero-order valence-corrected chi connectivity index (χ0v) is 20.0. The Morgan fingerprint density at radius 3 is 2.54 bits per heavy atom. The van der Waals surface area contributed by atoms with Gasteiger partial charge in [-0.05, 0) is 55.2 Å². The molecule has 0 amide bonds. The van der Waals surface area contributed by atoms with E-state index < -0.39 is 38.6 Å². The molecule has 0 aliphatic heterocycles. The molecule has 1 saturated carbocycles. The predicted molar refractivity (Wildman–Crippen MR) is 122 cm³/mol. The van der Waals surface area contributed by atoms with Gasteiger partial charge in [0, 0.05) is 10.9 Å². The van der Waals surface area contributed by atoms with E-state index in [2.05, 4.69) is 10.1 Å². The minimum absolute atomic E-state index is 0.0146. The Labute approximate surface area is 205 Å². The summed E-state index contributed by atoms with van der Waals surface area (Å²) in [7, 11) is -4.53. The summed E-state index contributed by atoms with van der Waals surface area (Å²) in [6, 6.07) is 5.13. The number of carboxylic acids is 1. The molecule has 3 aromatic rings. The van der Waals surface area contributed by atoms with Crippen molar-refractivity contribution in [2.45, 2.75) is 55.4 Å². The molecule has 1 aromatic heterocycles. The van der Waals surface area contributed by atoms with Crippen LogP contribution in [-0.2, 0) is 21.2 Å². The fourth-order valence-electron chi connectivity index (χ4n) is 4.09. The molecule has 186 valence electrons. The van der Waals surface area contributed by atoms with Crippen LogP contribution in [0.3, 0.4) is 0 Å². The van der Waals surface area contributed by atoms with Crippen LogP contribution in [0.25, 0.3) is 11.4 Å². The van der Waals surface area contributed by atoms with E-state index in [1.807, 2.05) is 4.72 Å². The third kappa shape index (κ3) is 5.85. The highest BCUT2D eigenvalue weighted by atomic mass is 35.5. The van der Waals surface area contributed by atoms with E-state index in [4.69, 9.17) is 16.1 Å². The van der Waals surface area contributed by atoms with Crippen LogP contribution in [0.5, 0.6) is 0 Å². The summed E-state index contributed by atoms with van der Waals surface area (Å²) in [6.07, 6.45) is 4.80. The Balaban J connectivity index is 1.51. The highest BCUT2D eigenvalue weighted by Crippen LogP contribution is 2.33. The van der Waals surface area contributed by atoms with Crippen molar-refractivity contribution in [2.24, 2.45) is 0 Å². The SMILES string of the molecule is O=C(O)C(Cc1ccc(-c2noc(C3CCCCC3)n2)c(F)c1)NS(=O)(=O)c1ccc(Cl)cc1F. The largest absolute Gasteiger partial charge is 0.480 e. The maximum atomic E-state index is 14.9. The second-order valence-electron chi connectivity index (χ2n) is 8.40. The average molecular weight is 526 g/mol. The molecule has 0 bridgehead atoms. The maximum absolute atomic E-state index is 14.9. The molecule has 1 heterocycles. The summed E-state index contributed by atoms with van der Waals surface area (Å²) in [6.45, 7) is 0. The normalized spacial score (nSPS) is 15.7. The summed E-state index contributed by atoms with van der Waals surface area (Å²) in [5.74, 6) is -2.64. The van der Waals surface area contributed by atoms with Gasteiger partial charge in [-0.2, -0.15) is 9.71 Å². The minimum Gasteiger partial charge on any atom is -0.480 e. The van der Waals surface area contributed by atoms with Crippen molar-refractivity contribution in [1.82, 2.24) is 14.9 Å². The lowest BCUT2D eigenvalue weighted by Gasteiger charge is -2.17. The molecule has 0 spiro atoms. The molecule has 12 heteroatoms. The third-order valence-corrected chi connectivity index (χ3v) is 7.63. The molecule has 1 aliphatic rings. The van der Waals surface area contributed by atoms with Gasteiger partial charge in [0.05, 0.1) is 5.56 Å². The van der Waals surface area contributed by atoms with Gasteiger partial charge >= 0.3 is 5.97 Å². The van der Waals surface area contributed by atoms with Gasteiger partial charge in [-0.15, -0.1) is 0 Å². The second-order valence-corrected chi connectivity index (χ2v) is 10.5. The number of halogens is 3. The van der Waals surface area contributed by atoms with E-state index in [1.165, 1.54) is 18.2 Å². The smallest absolute Gasteiger partial charge is 0.322 e. The second kappa shape index (κ2) is 10.4. The molecule has 1 unspecified atom stereocenters. The molecule has 8 nitrogen and oxygen atoms in total. The van der Waals surface area contributed by atoms with Crippen molar-refractivity contribution < 1.29 is 31.6 Å². The molecule has 1 atom stereocenters. The molecule has 0 radical (unpaired) electrons. The summed E-state index contributed by atoms with van der Waals surface area (Å²) in [5.41, 5.74) is 0.282. The molecular weight excluding hydrogens is 504 g/mol. The van der Waals surface area contributed by atoms with Gasteiger partial charge in [0.15, 0.2) is 0 Å². The van der Waals surface area contributed by atoms with Gasteiger partial charge in [-0.3, -0.25) is 4.79 Å². The first-order chi connectivity index (χ1) is 16.6. The topological polar surface area (TPSA) is 122 Å². The van der Waals surface area contributed by atoms with E-state index in [1.54, 1.807) is 0 Å². The standard InChI is InChI=1S/C23H22ClF2N3O5S/c24-15-7-9-20(18(26)12-15)35(32,33)29-19(23(30)31)11-13-6-8-16(17(25)10-13)21-27-22(34-28-21)14-4-2-1-3-5-14/h6-10,12,14,19,29H,1-5,11H2,(H,30,31). The number of benzene rings is 2. The quantitative estimate of drug-likeness (QED) is 0.437. The molecule has 1 aliphatic carbocycles. The van der Waals surface area contributed by atoms with Crippen LogP contribution >= 0.6 is 11.6 Å². The number of carboxylic acid groups (broad SMARTS) is 1. The third-order valence-electron chi connectivity index (χ3n) is 5.89. The first-order valence-corrected chi connectivity index (χ1v) is 12.8. The number of aromatic nitrogens is 2. The highest BCUT2D eigenvalue weighted by molar-refractivity contribution is 7.89. The van der Waals surface area contributed by atoms with Crippen LogP contribution in [-0.4, -0.2) is 35.7 Å². The maximum Gasteiger partial charge on any atom is 0.322 e. The Hall–Kier alpha value is -2.89. The van der Waals surface area contributed by atoms with Crippen molar-refractivity contribution in [3.63, 3.8) is 0 Å². The number of rotatable bonds is 8. The molecule has 0 saturated heterocycles. The Morgan fingerprint density at radius 1 is 1.14 bits per heavy atom. The highest BCUT2D eigenvalue weighted by Gasteiger charge is 2.28. The first kappa shape index (κ1) is 25.2. The summed E-state index contributed by atoms with van der Waals surface area (Å²) >= 11 is 5.64. The number of hydrogen-bond acceptors (Lipinski definition) is 6. The van der Waals surface area contributed by atoms with Crippen LogP contribution in [0.4, 0.5) is 8.78 Å². The van der Waals surface area contributed by atoms with Gasteiger partial charge in [-0.25, -0.2) is 17.2 Å². The Kier molecular flexibility index (Phi) is 7.48. The number of hydrogen-bond donors (Lipinski definition) is 2. The fourth-order valence-corrected chi connectivity index (χ4v) is 5.49. The average Bonchev–Trinajstić information content (AvgIpc) is 3.29. The molecule has 2 N–H and O–H groups in total. The van der Waals surface area contributed by atoms with Crippen molar-refractivity contribution in [3.05, 3.63) is 64.5 Å². The van der Waals surface area contributed by atoms with Gasteiger partial charge in [-0.1, -0.05) is 42.1 Å².